The van der Waals surface area contributed by atoms with Crippen LogP contribution < -0.4 is 5.32 Å². The first-order chi connectivity index (χ1) is 7.15. The molecule has 0 fully saturated rings. The van der Waals surface area contributed by atoms with Crippen LogP contribution in [0.2, 0.25) is 0 Å². The van der Waals surface area contributed by atoms with Gasteiger partial charge in [-0.1, -0.05) is 28.1 Å². The molecule has 1 rings (SSSR count). The van der Waals surface area contributed by atoms with Gasteiger partial charge in [0.2, 0.25) is 0 Å². The second-order valence-electron chi connectivity index (χ2n) is 3.46. The van der Waals surface area contributed by atoms with E-state index in [2.05, 4.69) is 21.2 Å². The molecule has 0 bridgehead atoms. The Bertz CT molecular complexity index is 289. The summed E-state index contributed by atoms with van der Waals surface area (Å²) >= 11 is 3.32. The molecule has 3 nitrogen and oxygen atoms in total. The van der Waals surface area contributed by atoms with Crippen LogP contribution in [0.4, 0.5) is 0 Å². The van der Waals surface area contributed by atoms with Crippen LogP contribution in [0.1, 0.15) is 18.1 Å². The molecule has 1 aromatic rings. The number of halogens is 1. The Balaban J connectivity index is 2.59. The third kappa shape index (κ3) is 3.91. The minimum Gasteiger partial charge on any atom is -0.390 e. The van der Waals surface area contributed by atoms with Crippen LogP contribution in [0.15, 0.2) is 28.7 Å². The Labute approximate surface area is 98.3 Å². The first-order valence-electron chi connectivity index (χ1n) is 4.91. The quantitative estimate of drug-likeness (QED) is 0.761. The van der Waals surface area contributed by atoms with Gasteiger partial charge in [0.25, 0.3) is 0 Å². The predicted octanol–water partition coefficient (Wildman–Crippen LogP) is 1.45. The van der Waals surface area contributed by atoms with Gasteiger partial charge >= 0.3 is 0 Å². The van der Waals surface area contributed by atoms with Crippen LogP contribution in [-0.4, -0.2) is 29.9 Å². The number of hydrogen-bond donors (Lipinski definition) is 3. The molecule has 0 aliphatic rings. The van der Waals surface area contributed by atoms with E-state index < -0.39 is 12.2 Å². The molecular formula is C11H16BrNO2. The Morgan fingerprint density at radius 1 is 1.27 bits per heavy atom. The second kappa shape index (κ2) is 6.23. The summed E-state index contributed by atoms with van der Waals surface area (Å²) in [5, 5.41) is 22.4. The van der Waals surface area contributed by atoms with Gasteiger partial charge < -0.3 is 15.5 Å². The summed E-state index contributed by atoms with van der Waals surface area (Å²) in [5.74, 6) is 0. The summed E-state index contributed by atoms with van der Waals surface area (Å²) in [6.07, 6.45) is -1.00. The lowest BCUT2D eigenvalue weighted by molar-refractivity contribution is 0.0140. The largest absolute Gasteiger partial charge is 0.390 e. The van der Waals surface area contributed by atoms with Crippen molar-refractivity contribution < 1.29 is 10.2 Å². The molecule has 0 aliphatic heterocycles. The van der Waals surface area contributed by atoms with Crippen LogP contribution in [0.25, 0.3) is 0 Å². The molecule has 0 saturated carbocycles. The van der Waals surface area contributed by atoms with E-state index in [0.717, 1.165) is 10.0 Å². The zero-order valence-electron chi connectivity index (χ0n) is 8.65. The molecular weight excluding hydrogens is 258 g/mol. The monoisotopic (exact) mass is 273 g/mol. The summed E-state index contributed by atoms with van der Waals surface area (Å²) < 4.78 is 0.961. The first kappa shape index (κ1) is 12.6. The van der Waals surface area contributed by atoms with Crippen LogP contribution in [0.3, 0.4) is 0 Å². The summed E-state index contributed by atoms with van der Waals surface area (Å²) in [6, 6.07) is 7.31. The molecule has 0 aliphatic carbocycles. The number of rotatable bonds is 5. The average molecular weight is 274 g/mol. The number of aliphatic hydroxyl groups is 2. The van der Waals surface area contributed by atoms with E-state index >= 15 is 0 Å². The van der Waals surface area contributed by atoms with Crippen LogP contribution in [0.5, 0.6) is 0 Å². The van der Waals surface area contributed by atoms with E-state index in [9.17, 15) is 10.2 Å². The van der Waals surface area contributed by atoms with Gasteiger partial charge in [0, 0.05) is 4.47 Å². The van der Waals surface area contributed by atoms with Crippen molar-refractivity contribution in [2.24, 2.45) is 0 Å². The topological polar surface area (TPSA) is 52.5 Å². The third-order valence-electron chi connectivity index (χ3n) is 2.27. The summed E-state index contributed by atoms with van der Waals surface area (Å²) in [6.45, 7) is 0.689. The Morgan fingerprint density at radius 3 is 2.40 bits per heavy atom. The summed E-state index contributed by atoms with van der Waals surface area (Å²) in [7, 11) is 1.82. The smallest absolute Gasteiger partial charge is 0.105 e. The molecule has 0 saturated heterocycles. The molecule has 0 heterocycles. The van der Waals surface area contributed by atoms with E-state index in [1.165, 1.54) is 0 Å². The highest BCUT2D eigenvalue weighted by Gasteiger charge is 2.17. The fourth-order valence-electron chi connectivity index (χ4n) is 1.33. The highest BCUT2D eigenvalue weighted by atomic mass is 79.9. The van der Waals surface area contributed by atoms with Gasteiger partial charge in [0.15, 0.2) is 0 Å². The molecule has 3 N–H and O–H groups in total. The molecule has 15 heavy (non-hydrogen) atoms. The van der Waals surface area contributed by atoms with Gasteiger partial charge in [0.1, 0.15) is 6.10 Å². The lowest BCUT2D eigenvalue weighted by atomic mass is 10.0. The molecule has 0 amide bonds. The number of nitrogens with one attached hydrogen (secondary N) is 1. The summed E-state index contributed by atoms with van der Waals surface area (Å²) in [4.78, 5) is 0. The molecule has 0 radical (unpaired) electrons. The highest BCUT2D eigenvalue weighted by Crippen LogP contribution is 2.20. The zero-order valence-corrected chi connectivity index (χ0v) is 10.2. The van der Waals surface area contributed by atoms with Gasteiger partial charge in [-0.25, -0.2) is 0 Å². The van der Waals surface area contributed by atoms with E-state index in [-0.39, 0.29) is 0 Å². The van der Waals surface area contributed by atoms with Crippen molar-refractivity contribution in [3.8, 4) is 0 Å². The van der Waals surface area contributed by atoms with Crippen molar-refractivity contribution in [3.05, 3.63) is 34.3 Å². The Kier molecular flexibility index (Phi) is 5.25. The average Bonchev–Trinajstić information content (AvgIpc) is 2.26. The zero-order chi connectivity index (χ0) is 11.3. The minimum atomic E-state index is -0.813. The molecule has 2 atom stereocenters. The molecule has 4 heteroatoms. The Hall–Kier alpha value is -0.420. The van der Waals surface area contributed by atoms with Crippen molar-refractivity contribution in [2.45, 2.75) is 18.6 Å². The highest BCUT2D eigenvalue weighted by molar-refractivity contribution is 9.10. The van der Waals surface area contributed by atoms with E-state index in [1.54, 1.807) is 12.1 Å². The maximum absolute atomic E-state index is 9.81. The lowest BCUT2D eigenvalue weighted by Crippen LogP contribution is -2.23. The van der Waals surface area contributed by atoms with Crippen LogP contribution in [-0.2, 0) is 0 Å². The normalized spacial score (nSPS) is 14.9. The maximum atomic E-state index is 9.81. The molecule has 84 valence electrons. The Morgan fingerprint density at radius 2 is 1.87 bits per heavy atom. The summed E-state index contributed by atoms with van der Waals surface area (Å²) in [5.41, 5.74) is 0.738. The van der Waals surface area contributed by atoms with Crippen molar-refractivity contribution in [1.29, 1.82) is 0 Å². The van der Waals surface area contributed by atoms with Crippen LogP contribution in [0, 0.1) is 0 Å². The van der Waals surface area contributed by atoms with E-state index in [4.69, 9.17) is 0 Å². The van der Waals surface area contributed by atoms with Crippen molar-refractivity contribution >= 4 is 15.9 Å². The van der Waals surface area contributed by atoms with Crippen molar-refractivity contribution in [3.63, 3.8) is 0 Å². The fraction of sp³-hybridized carbons (Fsp3) is 0.455. The van der Waals surface area contributed by atoms with Gasteiger partial charge in [-0.3, -0.25) is 0 Å². The molecule has 2 unspecified atom stereocenters. The van der Waals surface area contributed by atoms with Gasteiger partial charge in [0.05, 0.1) is 6.10 Å². The number of hydrogen-bond acceptors (Lipinski definition) is 3. The second-order valence-corrected chi connectivity index (χ2v) is 4.37. The lowest BCUT2D eigenvalue weighted by Gasteiger charge is -2.17. The number of benzene rings is 1. The van der Waals surface area contributed by atoms with Gasteiger partial charge in [-0.2, -0.15) is 0 Å². The predicted molar refractivity (Wildman–Crippen MR) is 63.7 cm³/mol. The van der Waals surface area contributed by atoms with Crippen molar-refractivity contribution in [2.75, 3.05) is 13.6 Å². The van der Waals surface area contributed by atoms with E-state index in [0.29, 0.717) is 13.0 Å². The number of aliphatic hydroxyl groups excluding tert-OH is 2. The molecule has 0 spiro atoms. The van der Waals surface area contributed by atoms with Crippen LogP contribution >= 0.6 is 15.9 Å². The third-order valence-corrected chi connectivity index (χ3v) is 2.79. The maximum Gasteiger partial charge on any atom is 0.105 e. The fourth-order valence-corrected chi connectivity index (χ4v) is 1.60. The SMILES string of the molecule is CNCCC(O)C(O)c1ccc(Br)cc1. The molecule has 1 aromatic carbocycles. The van der Waals surface area contributed by atoms with E-state index in [1.807, 2.05) is 19.2 Å². The minimum absolute atomic E-state index is 0.535. The van der Waals surface area contributed by atoms with Gasteiger partial charge in [-0.15, -0.1) is 0 Å². The standard InChI is InChI=1S/C11H16BrNO2/c1-13-7-6-10(14)11(15)8-2-4-9(12)5-3-8/h2-5,10-11,13-15H,6-7H2,1H3. The van der Waals surface area contributed by atoms with Crippen molar-refractivity contribution in [1.82, 2.24) is 5.32 Å². The van der Waals surface area contributed by atoms with Gasteiger partial charge in [-0.05, 0) is 37.7 Å². The molecule has 0 aromatic heterocycles. The first-order valence-corrected chi connectivity index (χ1v) is 5.70.